The van der Waals surface area contributed by atoms with Crippen molar-refractivity contribution in [2.45, 2.75) is 392 Å². The van der Waals surface area contributed by atoms with Crippen LogP contribution in [0.2, 0.25) is 0 Å². The molecule has 4 saturated carbocycles. The minimum atomic E-state index is -0.193. The molecule has 0 spiro atoms. The van der Waals surface area contributed by atoms with E-state index in [2.05, 4.69) is 102 Å². The van der Waals surface area contributed by atoms with E-state index in [1.165, 1.54) is 270 Å². The van der Waals surface area contributed by atoms with E-state index in [1.807, 2.05) is 0 Å². The highest BCUT2D eigenvalue weighted by Gasteiger charge is 2.33. The molecule has 5 aliphatic rings. The van der Waals surface area contributed by atoms with Gasteiger partial charge in [0.1, 0.15) is 6.10 Å². The maximum atomic E-state index is 10.1. The molecule has 6 heteroatoms. The third-order valence-electron chi connectivity index (χ3n) is 28.1. The Morgan fingerprint density at radius 3 is 0.802 bits per heavy atom. The molecule has 0 amide bonds. The summed E-state index contributed by atoms with van der Waals surface area (Å²) < 4.78 is 25.4. The summed E-state index contributed by atoms with van der Waals surface area (Å²) in [7, 11) is 0. The molecule has 568 valence electrons. The molecule has 0 aromatic heterocycles. The zero-order valence-corrected chi connectivity index (χ0v) is 67.4. The van der Waals surface area contributed by atoms with Crippen LogP contribution in [-0.2, 0) is 18.9 Å². The summed E-state index contributed by atoms with van der Waals surface area (Å²) >= 11 is 0. The lowest BCUT2D eigenvalue weighted by atomic mass is 9.84. The van der Waals surface area contributed by atoms with Gasteiger partial charge in [-0.3, -0.25) is 0 Å². The summed E-state index contributed by atoms with van der Waals surface area (Å²) in [4.78, 5) is 2.53. The molecular weight excluding hydrogens is 1170 g/mol. The van der Waals surface area contributed by atoms with Gasteiger partial charge in [0.2, 0.25) is 0 Å². The molecule has 0 aromatic rings. The van der Waals surface area contributed by atoms with E-state index in [1.54, 1.807) is 0 Å². The number of hydrogen-bond donors (Lipinski definition) is 1. The molecular formula is C90H173NO5. The molecule has 22 atom stereocenters. The predicted molar refractivity (Wildman–Crippen MR) is 417 cm³/mol. The van der Waals surface area contributed by atoms with Gasteiger partial charge in [0.15, 0.2) is 0 Å². The minimum Gasteiger partial charge on any atom is -0.394 e. The monoisotopic (exact) mass is 1350 g/mol. The average Bonchev–Trinajstić information content (AvgIpc) is 2.32. The van der Waals surface area contributed by atoms with E-state index < -0.39 is 0 Å². The predicted octanol–water partition coefficient (Wildman–Crippen LogP) is 25.9. The van der Waals surface area contributed by atoms with Crippen molar-refractivity contribution in [2.75, 3.05) is 65.9 Å². The number of ether oxygens (including phenoxy) is 4. The molecule has 4 aliphatic carbocycles. The first-order chi connectivity index (χ1) is 46.4. The van der Waals surface area contributed by atoms with E-state index in [0.29, 0.717) is 18.4 Å². The quantitative estimate of drug-likeness (QED) is 0.296. The van der Waals surface area contributed by atoms with Crippen molar-refractivity contribution in [3.63, 3.8) is 0 Å². The summed E-state index contributed by atoms with van der Waals surface area (Å²) in [5.74, 6) is 17.7. The third kappa shape index (κ3) is 38.0. The fourth-order valence-corrected chi connectivity index (χ4v) is 19.9. The van der Waals surface area contributed by atoms with Crippen molar-refractivity contribution in [2.24, 2.45) is 118 Å². The van der Waals surface area contributed by atoms with Gasteiger partial charge in [-0.25, -0.2) is 0 Å². The highest BCUT2D eigenvalue weighted by Crippen LogP contribution is 2.45. The van der Waals surface area contributed by atoms with E-state index in [-0.39, 0.29) is 18.8 Å². The Labute approximate surface area is 601 Å². The van der Waals surface area contributed by atoms with Gasteiger partial charge in [0.05, 0.1) is 25.9 Å². The van der Waals surface area contributed by atoms with Crippen molar-refractivity contribution in [3.05, 3.63) is 0 Å². The van der Waals surface area contributed by atoms with E-state index >= 15 is 0 Å². The third-order valence-corrected chi connectivity index (χ3v) is 28.1. The molecule has 8 bridgehead atoms. The summed E-state index contributed by atoms with van der Waals surface area (Å²) in [6.45, 7) is 42.7. The number of aliphatic hydroxyl groups is 1. The van der Waals surface area contributed by atoms with Gasteiger partial charge in [-0.2, -0.15) is 0 Å². The first-order valence-corrected chi connectivity index (χ1v) is 44.1. The van der Waals surface area contributed by atoms with E-state index in [0.717, 1.165) is 172 Å². The second-order valence-corrected chi connectivity index (χ2v) is 37.1. The van der Waals surface area contributed by atoms with Crippen molar-refractivity contribution < 1.29 is 24.1 Å². The Morgan fingerprint density at radius 2 is 0.521 bits per heavy atom. The number of rotatable bonds is 5. The SMILES string of the molecule is CCN(CC)CC1COCCC(C)CCCC2CCC(C2)C(C)CCCC(C)CCC(C)CCCC(C)C2CCC(CCCC(C)CCOCC(CO)OCCC(C)CCCC3CCC(C3)C(C)CCCC(C)CCC(C)CCCC(C)C3CCC(CCCC(C)CCO1)C3)C2. The van der Waals surface area contributed by atoms with Crippen LogP contribution < -0.4 is 0 Å². The van der Waals surface area contributed by atoms with Crippen LogP contribution in [-0.4, -0.2) is 88.1 Å². The number of nitrogens with zero attached hydrogens (tertiary/aromatic N) is 1. The highest BCUT2D eigenvalue weighted by atomic mass is 16.5. The molecule has 22 unspecified atom stereocenters. The van der Waals surface area contributed by atoms with Crippen molar-refractivity contribution >= 4 is 0 Å². The lowest BCUT2D eigenvalue weighted by molar-refractivity contribution is -0.0471. The Bertz CT molecular complexity index is 1810. The van der Waals surface area contributed by atoms with Crippen LogP contribution in [0, 0.1) is 118 Å². The smallest absolute Gasteiger partial charge is 0.104 e. The molecule has 1 N–H and O–H groups in total. The van der Waals surface area contributed by atoms with Crippen molar-refractivity contribution in [1.29, 1.82) is 0 Å². The van der Waals surface area contributed by atoms with Crippen LogP contribution in [0.15, 0.2) is 0 Å². The molecule has 1 saturated heterocycles. The first-order valence-electron chi connectivity index (χ1n) is 44.1. The molecule has 6 nitrogen and oxygen atoms in total. The number of hydrogen-bond acceptors (Lipinski definition) is 6. The second kappa shape index (κ2) is 51.8. The molecule has 0 radical (unpaired) electrons. The number of likely N-dealkylation sites (N-methyl/N-ethyl adjacent to an activating group) is 1. The Hall–Kier alpha value is -0.240. The zero-order chi connectivity index (χ0) is 69.3. The standard InChI is InChI=1S/C90H173NO5/c1-15-91(16-2)65-89-67-93-57-53-73(7)29-21-37-81-45-49-85(61-81)77(11)33-17-25-69(3)41-42-70(4)26-18-34-78(12)86-50-46-82(62-86)38-22-30-74(8)54-58-94-68-90(66-92)96-60-56-76(10)32-24-40-84-48-52-88(64-84)80(14)36-20-28-72(6)44-43-71(5)27-19-35-79(13)87-51-47-83(63-87)39-23-31-75(9)55-59-95-89/h69-90,92H,15-68H2,1-14H3. The summed E-state index contributed by atoms with van der Waals surface area (Å²) in [6.07, 6.45) is 61.9. The Kier molecular flexibility index (Phi) is 46.7. The van der Waals surface area contributed by atoms with Crippen molar-refractivity contribution in [1.82, 2.24) is 4.90 Å². The maximum Gasteiger partial charge on any atom is 0.104 e. The molecule has 1 heterocycles. The number of fused-ring (bicyclic) bond motifs is 8. The van der Waals surface area contributed by atoms with Gasteiger partial charge in [0, 0.05) is 33.0 Å². The van der Waals surface area contributed by atoms with Crippen molar-refractivity contribution in [3.8, 4) is 0 Å². The minimum absolute atomic E-state index is 0.0536. The highest BCUT2D eigenvalue weighted by molar-refractivity contribution is 4.84. The fourth-order valence-electron chi connectivity index (χ4n) is 19.9. The lowest BCUT2D eigenvalue weighted by Crippen LogP contribution is -2.37. The first kappa shape index (κ1) is 86.4. The summed E-state index contributed by atoms with van der Waals surface area (Å²) in [5, 5.41) is 10.1. The van der Waals surface area contributed by atoms with Gasteiger partial charge in [0.25, 0.3) is 0 Å². The number of aliphatic hydroxyl groups excluding tert-OH is 1. The largest absolute Gasteiger partial charge is 0.394 e. The van der Waals surface area contributed by atoms with Gasteiger partial charge in [-0.1, -0.05) is 302 Å². The summed E-state index contributed by atoms with van der Waals surface area (Å²) in [5.41, 5.74) is 0. The second-order valence-electron chi connectivity index (χ2n) is 37.1. The Morgan fingerprint density at radius 1 is 0.271 bits per heavy atom. The van der Waals surface area contributed by atoms with Crippen LogP contribution in [0.1, 0.15) is 379 Å². The maximum absolute atomic E-state index is 10.1. The van der Waals surface area contributed by atoms with Crippen LogP contribution in [0.25, 0.3) is 0 Å². The normalized spacial score (nSPS) is 39.5. The molecule has 1 aliphatic heterocycles. The van der Waals surface area contributed by atoms with E-state index in [9.17, 15) is 5.11 Å². The molecule has 96 heavy (non-hydrogen) atoms. The van der Waals surface area contributed by atoms with E-state index in [4.69, 9.17) is 18.9 Å². The van der Waals surface area contributed by atoms with Crippen LogP contribution in [0.4, 0.5) is 0 Å². The zero-order valence-electron chi connectivity index (χ0n) is 67.4. The van der Waals surface area contributed by atoms with Crippen LogP contribution >= 0.6 is 0 Å². The van der Waals surface area contributed by atoms with Gasteiger partial charge >= 0.3 is 0 Å². The van der Waals surface area contributed by atoms with Crippen LogP contribution in [0.5, 0.6) is 0 Å². The van der Waals surface area contributed by atoms with Gasteiger partial charge in [-0.15, -0.1) is 0 Å². The lowest BCUT2D eigenvalue weighted by Gasteiger charge is -2.26. The molecule has 0 aromatic carbocycles. The molecule has 5 fully saturated rings. The topological polar surface area (TPSA) is 60.4 Å². The Balaban J connectivity index is 0.988. The van der Waals surface area contributed by atoms with Gasteiger partial charge < -0.3 is 29.0 Å². The average molecular weight is 1350 g/mol. The summed E-state index contributed by atoms with van der Waals surface area (Å²) in [6, 6.07) is 0. The van der Waals surface area contributed by atoms with Crippen LogP contribution in [0.3, 0.4) is 0 Å². The van der Waals surface area contributed by atoms with Gasteiger partial charge in [-0.05, 0) is 208 Å². The fraction of sp³-hybridized carbons (Fsp3) is 1.00. The molecule has 5 rings (SSSR count).